The van der Waals surface area contributed by atoms with Crippen LogP contribution >= 0.6 is 0 Å². The summed E-state index contributed by atoms with van der Waals surface area (Å²) in [6.45, 7) is 3.21. The summed E-state index contributed by atoms with van der Waals surface area (Å²) in [5.41, 5.74) is 0. The summed E-state index contributed by atoms with van der Waals surface area (Å²) in [7, 11) is 0. The van der Waals surface area contributed by atoms with Gasteiger partial charge in [0.15, 0.2) is 6.04 Å². The molecule has 74 valence electrons. The van der Waals surface area contributed by atoms with E-state index in [0.717, 1.165) is 0 Å². The summed E-state index contributed by atoms with van der Waals surface area (Å²) in [6, 6.07) is -1.02. The van der Waals surface area contributed by atoms with Crippen molar-refractivity contribution in [1.29, 1.82) is 0 Å². The average Bonchev–Trinajstić information content (AvgIpc) is 2.29. The highest BCUT2D eigenvalue weighted by molar-refractivity contribution is 5.99. The van der Waals surface area contributed by atoms with Crippen LogP contribution in [0.5, 0.6) is 0 Å². The van der Waals surface area contributed by atoms with Gasteiger partial charge < -0.3 is 4.74 Å². The van der Waals surface area contributed by atoms with Gasteiger partial charge >= 0.3 is 18.0 Å². The fourth-order valence-electron chi connectivity index (χ4n) is 0.913. The van der Waals surface area contributed by atoms with Gasteiger partial charge in [0.05, 0.1) is 0 Å². The molecule has 3 nitrogen and oxygen atoms in total. The molecule has 1 atom stereocenters. The van der Waals surface area contributed by atoms with E-state index in [-0.39, 0.29) is 5.92 Å². The van der Waals surface area contributed by atoms with Crippen LogP contribution in [-0.2, 0) is 9.53 Å². The van der Waals surface area contributed by atoms with Crippen molar-refractivity contribution in [2.24, 2.45) is 10.9 Å². The first kappa shape index (κ1) is 10.0. The van der Waals surface area contributed by atoms with Crippen LogP contribution in [0.2, 0.25) is 0 Å². The maximum Gasteiger partial charge on any atom is 0.468 e. The predicted octanol–water partition coefficient (Wildman–Crippen LogP) is 1.53. The molecule has 1 aliphatic heterocycles. The minimum Gasteiger partial charge on any atom is -0.401 e. The molecule has 0 saturated carbocycles. The van der Waals surface area contributed by atoms with E-state index >= 15 is 0 Å². The third-order valence-electron chi connectivity index (χ3n) is 1.57. The average molecular weight is 195 g/mol. The molecular formula is C7H8F3NO2. The SMILES string of the molecule is CC(C)C1N=C(C(F)(F)F)OC1=O. The van der Waals surface area contributed by atoms with Gasteiger partial charge in [0.1, 0.15) is 0 Å². The van der Waals surface area contributed by atoms with Crippen LogP contribution in [0.4, 0.5) is 13.2 Å². The summed E-state index contributed by atoms with van der Waals surface area (Å²) in [6.07, 6.45) is -4.67. The topological polar surface area (TPSA) is 38.7 Å². The maximum absolute atomic E-state index is 12.0. The Balaban J connectivity index is 2.84. The lowest BCUT2D eigenvalue weighted by atomic mass is 10.1. The Hall–Kier alpha value is -1.07. The molecule has 0 aromatic carbocycles. The van der Waals surface area contributed by atoms with Crippen LogP contribution in [0, 0.1) is 5.92 Å². The second kappa shape index (κ2) is 3.01. The van der Waals surface area contributed by atoms with Crippen LogP contribution in [0.25, 0.3) is 0 Å². The first-order valence-corrected chi connectivity index (χ1v) is 3.69. The number of cyclic esters (lactones) is 1. The van der Waals surface area contributed by atoms with E-state index in [1.54, 1.807) is 13.8 Å². The highest BCUT2D eigenvalue weighted by Gasteiger charge is 2.46. The molecule has 1 aliphatic rings. The van der Waals surface area contributed by atoms with Crippen LogP contribution in [0.15, 0.2) is 4.99 Å². The van der Waals surface area contributed by atoms with Crippen LogP contribution < -0.4 is 0 Å². The van der Waals surface area contributed by atoms with Crippen molar-refractivity contribution in [3.8, 4) is 0 Å². The largest absolute Gasteiger partial charge is 0.468 e. The molecule has 6 heteroatoms. The number of hydrogen-bond acceptors (Lipinski definition) is 3. The lowest BCUT2D eigenvalue weighted by Crippen LogP contribution is -2.24. The Morgan fingerprint density at radius 2 is 2.00 bits per heavy atom. The molecule has 0 saturated heterocycles. The van der Waals surface area contributed by atoms with Crippen molar-refractivity contribution in [2.75, 3.05) is 0 Å². The molecule has 0 aromatic rings. The molecular weight excluding hydrogens is 187 g/mol. The molecule has 1 unspecified atom stereocenters. The fourth-order valence-corrected chi connectivity index (χ4v) is 0.913. The molecule has 0 N–H and O–H groups in total. The standard InChI is InChI=1S/C7H8F3NO2/c1-3(2)4-5(12)13-6(11-4)7(8,9)10/h3-4H,1-2H3. The first-order valence-electron chi connectivity index (χ1n) is 3.69. The summed E-state index contributed by atoms with van der Waals surface area (Å²) in [5, 5.41) is 0. The van der Waals surface area contributed by atoms with Crippen molar-refractivity contribution in [3.05, 3.63) is 0 Å². The Kier molecular flexibility index (Phi) is 2.32. The number of rotatable bonds is 1. The van der Waals surface area contributed by atoms with Gasteiger partial charge in [-0.1, -0.05) is 13.8 Å². The minimum absolute atomic E-state index is 0.285. The number of aliphatic imine (C=N–C) groups is 1. The van der Waals surface area contributed by atoms with Gasteiger partial charge in [0, 0.05) is 0 Å². The van der Waals surface area contributed by atoms with Crippen molar-refractivity contribution >= 4 is 11.9 Å². The summed E-state index contributed by atoms with van der Waals surface area (Å²) in [4.78, 5) is 14.0. The van der Waals surface area contributed by atoms with E-state index in [9.17, 15) is 18.0 Å². The van der Waals surface area contributed by atoms with Gasteiger partial charge in [-0.05, 0) is 5.92 Å². The van der Waals surface area contributed by atoms with Crippen molar-refractivity contribution in [1.82, 2.24) is 0 Å². The second-order valence-electron chi connectivity index (χ2n) is 3.04. The number of esters is 1. The van der Waals surface area contributed by atoms with Crippen molar-refractivity contribution in [2.45, 2.75) is 26.1 Å². The number of carbonyl (C=O) groups excluding carboxylic acids is 1. The van der Waals surface area contributed by atoms with Crippen molar-refractivity contribution in [3.63, 3.8) is 0 Å². The molecule has 0 bridgehead atoms. The zero-order valence-corrected chi connectivity index (χ0v) is 7.05. The Bertz CT molecular complexity index is 257. The highest BCUT2D eigenvalue weighted by Crippen LogP contribution is 2.25. The number of carbonyl (C=O) groups is 1. The summed E-state index contributed by atoms with van der Waals surface area (Å²) < 4.78 is 39.9. The Labute approximate surface area is 72.6 Å². The number of ether oxygens (including phenoxy) is 1. The molecule has 0 radical (unpaired) electrons. The second-order valence-corrected chi connectivity index (χ2v) is 3.04. The smallest absolute Gasteiger partial charge is 0.401 e. The van der Waals surface area contributed by atoms with Crippen molar-refractivity contribution < 1.29 is 22.7 Å². The maximum atomic E-state index is 12.0. The Morgan fingerprint density at radius 3 is 2.23 bits per heavy atom. The number of nitrogens with zero attached hydrogens (tertiary/aromatic N) is 1. The third-order valence-corrected chi connectivity index (χ3v) is 1.57. The molecule has 13 heavy (non-hydrogen) atoms. The monoisotopic (exact) mass is 195 g/mol. The van der Waals surface area contributed by atoms with Crippen LogP contribution in [-0.4, -0.2) is 24.1 Å². The van der Waals surface area contributed by atoms with Gasteiger partial charge in [-0.15, -0.1) is 0 Å². The number of hydrogen-bond donors (Lipinski definition) is 0. The van der Waals surface area contributed by atoms with E-state index in [1.807, 2.05) is 0 Å². The lowest BCUT2D eigenvalue weighted by Gasteiger charge is -2.04. The molecule has 0 fully saturated rings. The molecule has 0 amide bonds. The van der Waals surface area contributed by atoms with Crippen LogP contribution in [0.1, 0.15) is 13.8 Å². The zero-order valence-electron chi connectivity index (χ0n) is 7.05. The van der Waals surface area contributed by atoms with Gasteiger partial charge in [0.2, 0.25) is 0 Å². The zero-order chi connectivity index (χ0) is 10.2. The summed E-state index contributed by atoms with van der Waals surface area (Å²) >= 11 is 0. The fraction of sp³-hybridized carbons (Fsp3) is 0.714. The van der Waals surface area contributed by atoms with E-state index in [0.29, 0.717) is 0 Å². The molecule has 0 aromatic heterocycles. The van der Waals surface area contributed by atoms with E-state index in [4.69, 9.17) is 0 Å². The molecule has 1 rings (SSSR count). The van der Waals surface area contributed by atoms with Gasteiger partial charge in [0.25, 0.3) is 0 Å². The first-order chi connectivity index (χ1) is 5.82. The van der Waals surface area contributed by atoms with Gasteiger partial charge in [-0.2, -0.15) is 13.2 Å². The number of halogens is 3. The van der Waals surface area contributed by atoms with Gasteiger partial charge in [-0.25, -0.2) is 9.79 Å². The summed E-state index contributed by atoms with van der Waals surface area (Å²) in [5.74, 6) is -2.65. The quantitative estimate of drug-likeness (QED) is 0.595. The minimum atomic E-state index is -4.67. The normalized spacial score (nSPS) is 23.4. The molecule has 0 spiro atoms. The third kappa shape index (κ3) is 1.99. The molecule has 1 heterocycles. The highest BCUT2D eigenvalue weighted by atomic mass is 19.4. The lowest BCUT2D eigenvalue weighted by molar-refractivity contribution is -0.140. The predicted molar refractivity (Wildman–Crippen MR) is 38.2 cm³/mol. The molecule has 0 aliphatic carbocycles. The Morgan fingerprint density at radius 1 is 1.46 bits per heavy atom. The van der Waals surface area contributed by atoms with E-state index < -0.39 is 24.1 Å². The van der Waals surface area contributed by atoms with E-state index in [1.165, 1.54) is 0 Å². The van der Waals surface area contributed by atoms with E-state index in [2.05, 4.69) is 9.73 Å². The van der Waals surface area contributed by atoms with Crippen LogP contribution in [0.3, 0.4) is 0 Å². The van der Waals surface area contributed by atoms with Gasteiger partial charge in [-0.3, -0.25) is 0 Å². The number of alkyl halides is 3.